The van der Waals surface area contributed by atoms with Crippen molar-refractivity contribution in [1.29, 1.82) is 0 Å². The number of benzene rings is 3. The Kier molecular flexibility index (Phi) is 6.43. The first-order valence-corrected chi connectivity index (χ1v) is 11.4. The van der Waals surface area contributed by atoms with Crippen molar-refractivity contribution in [2.24, 2.45) is 0 Å². The van der Waals surface area contributed by atoms with Crippen molar-refractivity contribution in [2.75, 3.05) is 4.90 Å². The number of ether oxygens (including phenoxy) is 2. The third-order valence-electron chi connectivity index (χ3n) is 5.42. The molecule has 0 aliphatic carbocycles. The van der Waals surface area contributed by atoms with E-state index in [2.05, 4.69) is 0 Å². The summed E-state index contributed by atoms with van der Waals surface area (Å²) in [7, 11) is 0. The lowest BCUT2D eigenvalue weighted by molar-refractivity contribution is -0.136. The predicted octanol–water partition coefficient (Wildman–Crippen LogP) is 5.35. The van der Waals surface area contributed by atoms with E-state index >= 15 is 0 Å². The van der Waals surface area contributed by atoms with Crippen molar-refractivity contribution in [3.63, 3.8) is 0 Å². The Morgan fingerprint density at radius 2 is 1.74 bits per heavy atom. The molecule has 34 heavy (non-hydrogen) atoms. The fraction of sp³-hybridized carbons (Fsp3) is 0.308. The maximum absolute atomic E-state index is 13.7. The summed E-state index contributed by atoms with van der Waals surface area (Å²) in [5, 5.41) is 22.1. The lowest BCUT2D eigenvalue weighted by Gasteiger charge is -2.23. The van der Waals surface area contributed by atoms with Gasteiger partial charge in [0.25, 0.3) is 5.91 Å². The fourth-order valence-corrected chi connectivity index (χ4v) is 4.53. The highest BCUT2D eigenvalue weighted by atomic mass is 35.5. The number of carboxylic acid groups (broad SMARTS) is 1. The van der Waals surface area contributed by atoms with Crippen molar-refractivity contribution in [1.82, 2.24) is 0 Å². The molecule has 7 nitrogen and oxygen atoms in total. The van der Waals surface area contributed by atoms with E-state index in [9.17, 15) is 14.7 Å². The van der Waals surface area contributed by atoms with Gasteiger partial charge in [0.1, 0.15) is 11.5 Å². The van der Waals surface area contributed by atoms with Gasteiger partial charge in [-0.25, -0.2) is 0 Å². The molecule has 8 heteroatoms. The van der Waals surface area contributed by atoms with Gasteiger partial charge in [0.05, 0.1) is 34.9 Å². The van der Waals surface area contributed by atoms with E-state index in [4.69, 9.17) is 26.2 Å². The third-order valence-corrected chi connectivity index (χ3v) is 5.72. The molecular weight excluding hydrogens is 458 g/mol. The first-order valence-electron chi connectivity index (χ1n) is 11.0. The molecule has 1 heterocycles. The number of hydrogen-bond acceptors (Lipinski definition) is 5. The van der Waals surface area contributed by atoms with Crippen LogP contribution < -0.4 is 14.4 Å². The third kappa shape index (κ3) is 4.29. The van der Waals surface area contributed by atoms with Crippen molar-refractivity contribution in [3.05, 3.63) is 64.2 Å². The number of halogens is 1. The Morgan fingerprint density at radius 1 is 1.06 bits per heavy atom. The molecule has 0 saturated heterocycles. The number of rotatable bonds is 7. The van der Waals surface area contributed by atoms with Crippen molar-refractivity contribution in [2.45, 2.75) is 52.6 Å². The second kappa shape index (κ2) is 9.16. The van der Waals surface area contributed by atoms with Crippen LogP contribution in [0.4, 0.5) is 5.69 Å². The van der Waals surface area contributed by atoms with E-state index in [-0.39, 0.29) is 34.9 Å². The molecule has 0 saturated carbocycles. The van der Waals surface area contributed by atoms with Gasteiger partial charge >= 0.3 is 5.97 Å². The van der Waals surface area contributed by atoms with Crippen LogP contribution in [-0.4, -0.2) is 34.3 Å². The van der Waals surface area contributed by atoms with Gasteiger partial charge in [0, 0.05) is 10.9 Å². The number of nitrogens with zero attached hydrogens (tertiary/aromatic N) is 1. The Hall–Kier alpha value is -3.29. The molecule has 178 valence electrons. The van der Waals surface area contributed by atoms with Crippen LogP contribution >= 0.6 is 11.6 Å². The zero-order valence-corrected chi connectivity index (χ0v) is 20.1. The highest BCUT2D eigenvalue weighted by molar-refractivity contribution is 6.34. The maximum Gasteiger partial charge on any atom is 0.307 e. The number of aliphatic hydroxyl groups is 1. The van der Waals surface area contributed by atoms with E-state index in [1.165, 1.54) is 11.0 Å². The minimum Gasteiger partial charge on any atom is -0.490 e. The normalized spacial score (nSPS) is 15.4. The number of hydrogen-bond donors (Lipinski definition) is 2. The van der Waals surface area contributed by atoms with Gasteiger partial charge in [-0.15, -0.1) is 0 Å². The molecule has 1 unspecified atom stereocenters. The van der Waals surface area contributed by atoms with Crippen LogP contribution in [0.1, 0.15) is 55.4 Å². The Labute approximate surface area is 202 Å². The maximum atomic E-state index is 13.7. The van der Waals surface area contributed by atoms with Crippen LogP contribution in [-0.2, 0) is 11.2 Å². The first kappa shape index (κ1) is 23.9. The second-order valence-electron chi connectivity index (χ2n) is 8.76. The first-order chi connectivity index (χ1) is 16.1. The van der Waals surface area contributed by atoms with Gasteiger partial charge in [-0.05, 0) is 62.9 Å². The highest BCUT2D eigenvalue weighted by Gasteiger charge is 2.42. The second-order valence-corrected chi connectivity index (χ2v) is 9.16. The smallest absolute Gasteiger partial charge is 0.307 e. The summed E-state index contributed by atoms with van der Waals surface area (Å²) in [6, 6.07) is 11.9. The molecule has 0 radical (unpaired) electrons. The molecule has 1 amide bonds. The number of carbonyl (C=O) groups is 2. The van der Waals surface area contributed by atoms with E-state index < -0.39 is 18.1 Å². The minimum atomic E-state index is -1.35. The Balaban J connectivity index is 1.92. The molecule has 1 atom stereocenters. The van der Waals surface area contributed by atoms with Crippen LogP contribution in [0.2, 0.25) is 5.02 Å². The Morgan fingerprint density at radius 3 is 2.35 bits per heavy atom. The molecule has 1 aliphatic heterocycles. The van der Waals surface area contributed by atoms with Gasteiger partial charge in [-0.3, -0.25) is 14.5 Å². The number of fused-ring (bicyclic) bond motifs is 3. The van der Waals surface area contributed by atoms with Crippen LogP contribution in [0, 0.1) is 0 Å². The molecule has 3 aromatic rings. The summed E-state index contributed by atoms with van der Waals surface area (Å²) in [6.45, 7) is 7.53. The Bertz CT molecular complexity index is 1290. The van der Waals surface area contributed by atoms with E-state index in [0.717, 1.165) is 5.39 Å². The van der Waals surface area contributed by atoms with Crippen LogP contribution in [0.3, 0.4) is 0 Å². The summed E-state index contributed by atoms with van der Waals surface area (Å²) in [5.41, 5.74) is 1.40. The van der Waals surface area contributed by atoms with Crippen LogP contribution in [0.15, 0.2) is 42.5 Å². The monoisotopic (exact) mass is 483 g/mol. The van der Waals surface area contributed by atoms with E-state index in [0.29, 0.717) is 28.0 Å². The minimum absolute atomic E-state index is 0.116. The van der Waals surface area contributed by atoms with Crippen LogP contribution in [0.25, 0.3) is 10.8 Å². The molecule has 0 aromatic heterocycles. The van der Waals surface area contributed by atoms with Crippen molar-refractivity contribution < 1.29 is 29.3 Å². The lowest BCUT2D eigenvalue weighted by Crippen LogP contribution is -2.28. The molecular formula is C26H26ClNO6. The van der Waals surface area contributed by atoms with Gasteiger partial charge in [0.2, 0.25) is 0 Å². The average molecular weight is 484 g/mol. The summed E-state index contributed by atoms with van der Waals surface area (Å²) >= 11 is 6.45. The van der Waals surface area contributed by atoms with Gasteiger partial charge in [0.15, 0.2) is 6.23 Å². The molecule has 1 aliphatic rings. The largest absolute Gasteiger partial charge is 0.490 e. The standard InChI is InChI=1S/C26H26ClNO6/c1-13(2)33-19-7-5-6-16-12-20(34-14(3)4)23-24(22(16)19)26(32)28(25(23)31)18-9-8-15(10-17(18)27)11-21(29)30/h5-10,12-14,26,32H,11H2,1-4H3,(H,29,30). The van der Waals surface area contributed by atoms with Crippen molar-refractivity contribution >= 4 is 39.9 Å². The summed E-state index contributed by atoms with van der Waals surface area (Å²) < 4.78 is 12.0. The molecule has 0 bridgehead atoms. The quantitative estimate of drug-likeness (QED) is 0.470. The van der Waals surface area contributed by atoms with Crippen molar-refractivity contribution in [3.8, 4) is 11.5 Å². The number of aliphatic hydroxyl groups excluding tert-OH is 1. The van der Waals surface area contributed by atoms with Gasteiger partial charge in [-0.1, -0.05) is 29.8 Å². The summed E-state index contributed by atoms with van der Waals surface area (Å²) in [4.78, 5) is 26.0. The van der Waals surface area contributed by atoms with E-state index in [1.807, 2.05) is 39.8 Å². The molecule has 0 fully saturated rings. The predicted molar refractivity (Wildman–Crippen MR) is 130 cm³/mol. The number of amides is 1. The molecule has 4 rings (SSSR count). The molecule has 3 aromatic carbocycles. The topological polar surface area (TPSA) is 96.3 Å². The number of carbonyl (C=O) groups excluding carboxylic acids is 1. The SMILES string of the molecule is CC(C)Oc1cc2cccc(OC(C)C)c2c2c1C(=O)N(c1ccc(CC(=O)O)cc1Cl)C2O. The average Bonchev–Trinajstić information content (AvgIpc) is 2.98. The summed E-state index contributed by atoms with van der Waals surface area (Å²) in [6.07, 6.45) is -1.87. The zero-order valence-electron chi connectivity index (χ0n) is 19.3. The number of aliphatic carboxylic acids is 1. The van der Waals surface area contributed by atoms with Crippen LogP contribution in [0.5, 0.6) is 11.5 Å². The van der Waals surface area contributed by atoms with E-state index in [1.54, 1.807) is 24.3 Å². The van der Waals surface area contributed by atoms with Gasteiger partial charge in [-0.2, -0.15) is 0 Å². The highest BCUT2D eigenvalue weighted by Crippen LogP contribution is 2.48. The molecule has 0 spiro atoms. The number of anilines is 1. The lowest BCUT2D eigenvalue weighted by atomic mass is 9.98. The molecule has 2 N–H and O–H groups in total. The summed E-state index contributed by atoms with van der Waals surface area (Å²) in [5.74, 6) is -0.541. The van der Waals surface area contributed by atoms with Gasteiger partial charge < -0.3 is 19.7 Å². The zero-order chi connectivity index (χ0) is 24.7. The fourth-order valence-electron chi connectivity index (χ4n) is 4.24. The number of carboxylic acids is 1.